The number of benzene rings is 1. The SMILES string of the molecule is C=C(NCc1ccccc1)C1CCCN1C(=C)C/C(N)=C(/N)N(C)C. The molecule has 0 bridgehead atoms. The fraction of sp³-hybridized carbons (Fsp3) is 0.400. The first kappa shape index (κ1) is 18.8. The van der Waals surface area contributed by atoms with Gasteiger partial charge in [-0.2, -0.15) is 0 Å². The molecule has 2 rings (SSSR count). The molecule has 1 aromatic carbocycles. The molecule has 25 heavy (non-hydrogen) atoms. The summed E-state index contributed by atoms with van der Waals surface area (Å²) in [5.74, 6) is 0.595. The van der Waals surface area contributed by atoms with Crippen molar-refractivity contribution in [2.45, 2.75) is 31.8 Å². The summed E-state index contributed by atoms with van der Waals surface area (Å²) in [6.45, 7) is 10.3. The number of nitrogens with zero attached hydrogens (tertiary/aromatic N) is 2. The normalized spacial score (nSPS) is 17.8. The number of rotatable bonds is 8. The van der Waals surface area contributed by atoms with E-state index >= 15 is 0 Å². The Balaban J connectivity index is 1.95. The van der Waals surface area contributed by atoms with Crippen molar-refractivity contribution in [2.24, 2.45) is 11.5 Å². The number of likely N-dealkylation sites (tertiary alicyclic amines) is 1. The Hall–Kier alpha value is -2.56. The van der Waals surface area contributed by atoms with Crippen LogP contribution in [0.25, 0.3) is 0 Å². The van der Waals surface area contributed by atoms with Crippen molar-refractivity contribution in [3.05, 3.63) is 72.0 Å². The summed E-state index contributed by atoms with van der Waals surface area (Å²) in [6, 6.07) is 10.6. The van der Waals surface area contributed by atoms with E-state index in [0.717, 1.165) is 37.3 Å². The van der Waals surface area contributed by atoms with Gasteiger partial charge in [0.1, 0.15) is 5.82 Å². The van der Waals surface area contributed by atoms with E-state index < -0.39 is 0 Å². The van der Waals surface area contributed by atoms with Gasteiger partial charge in [0.2, 0.25) is 0 Å². The lowest BCUT2D eigenvalue weighted by Crippen LogP contribution is -2.35. The third-order valence-electron chi connectivity index (χ3n) is 4.63. The molecule has 1 saturated heterocycles. The Morgan fingerprint density at radius 2 is 1.92 bits per heavy atom. The summed E-state index contributed by atoms with van der Waals surface area (Å²) in [4.78, 5) is 4.13. The minimum absolute atomic E-state index is 0.254. The van der Waals surface area contributed by atoms with Gasteiger partial charge in [-0.25, -0.2) is 0 Å². The van der Waals surface area contributed by atoms with Crippen LogP contribution < -0.4 is 16.8 Å². The minimum Gasteiger partial charge on any atom is -0.399 e. The Bertz CT molecular complexity index is 633. The highest BCUT2D eigenvalue weighted by molar-refractivity contribution is 5.20. The van der Waals surface area contributed by atoms with Crippen molar-refractivity contribution >= 4 is 0 Å². The summed E-state index contributed by atoms with van der Waals surface area (Å²) in [5.41, 5.74) is 16.1. The molecule has 0 aliphatic carbocycles. The van der Waals surface area contributed by atoms with E-state index in [1.807, 2.05) is 37.2 Å². The highest BCUT2D eigenvalue weighted by atomic mass is 15.2. The van der Waals surface area contributed by atoms with Crippen molar-refractivity contribution in [3.8, 4) is 0 Å². The summed E-state index contributed by atoms with van der Waals surface area (Å²) in [6.07, 6.45) is 2.78. The minimum atomic E-state index is 0.254. The molecule has 136 valence electrons. The number of nitrogens with one attached hydrogen (secondary N) is 1. The zero-order valence-corrected chi connectivity index (χ0v) is 15.5. The monoisotopic (exact) mass is 341 g/mol. The second kappa shape index (κ2) is 8.51. The first-order valence-corrected chi connectivity index (χ1v) is 8.72. The van der Waals surface area contributed by atoms with Gasteiger partial charge < -0.3 is 26.6 Å². The van der Waals surface area contributed by atoms with Gasteiger partial charge in [-0.3, -0.25) is 0 Å². The molecule has 1 aliphatic rings. The lowest BCUT2D eigenvalue weighted by Gasteiger charge is -2.31. The zero-order valence-electron chi connectivity index (χ0n) is 15.5. The van der Waals surface area contributed by atoms with Crippen LogP contribution in [0.5, 0.6) is 0 Å². The maximum atomic E-state index is 6.13. The molecule has 0 amide bonds. The second-order valence-electron chi connectivity index (χ2n) is 6.76. The third kappa shape index (κ3) is 4.95. The van der Waals surface area contributed by atoms with Crippen molar-refractivity contribution in [1.29, 1.82) is 0 Å². The van der Waals surface area contributed by atoms with Crippen LogP contribution in [0.4, 0.5) is 0 Å². The second-order valence-corrected chi connectivity index (χ2v) is 6.76. The highest BCUT2D eigenvalue weighted by Crippen LogP contribution is 2.27. The standard InChI is InChI=1S/C20H31N5/c1-15(13-18(21)20(22)24(3)4)25-12-8-11-19(25)16(2)23-14-17-9-6-5-7-10-17/h5-7,9-10,19,23H,1-2,8,11-14,21-22H2,3-4H3/b20-18+. The topological polar surface area (TPSA) is 70.5 Å². The van der Waals surface area contributed by atoms with Gasteiger partial charge in [0.25, 0.3) is 0 Å². The average molecular weight is 342 g/mol. The van der Waals surface area contributed by atoms with Crippen LogP contribution in [0.3, 0.4) is 0 Å². The van der Waals surface area contributed by atoms with Crippen LogP contribution in [0.15, 0.2) is 66.4 Å². The van der Waals surface area contributed by atoms with Gasteiger partial charge in [0, 0.05) is 45.0 Å². The van der Waals surface area contributed by atoms with E-state index in [0.29, 0.717) is 17.9 Å². The molecular weight excluding hydrogens is 310 g/mol. The van der Waals surface area contributed by atoms with Crippen molar-refractivity contribution in [1.82, 2.24) is 15.1 Å². The molecule has 5 heteroatoms. The van der Waals surface area contributed by atoms with Crippen molar-refractivity contribution in [2.75, 3.05) is 20.6 Å². The van der Waals surface area contributed by atoms with E-state index in [2.05, 4.69) is 35.5 Å². The zero-order chi connectivity index (χ0) is 18.4. The van der Waals surface area contributed by atoms with Gasteiger partial charge in [-0.05, 0) is 18.4 Å². The highest BCUT2D eigenvalue weighted by Gasteiger charge is 2.28. The van der Waals surface area contributed by atoms with Gasteiger partial charge in [0.05, 0.1) is 11.7 Å². The summed E-state index contributed by atoms with van der Waals surface area (Å²) in [7, 11) is 3.78. The van der Waals surface area contributed by atoms with Crippen LogP contribution in [0, 0.1) is 0 Å². The van der Waals surface area contributed by atoms with E-state index in [1.54, 1.807) is 0 Å². The molecule has 1 aromatic rings. The predicted molar refractivity (Wildman–Crippen MR) is 105 cm³/mol. The first-order chi connectivity index (χ1) is 11.9. The maximum Gasteiger partial charge on any atom is 0.118 e. The fourth-order valence-corrected chi connectivity index (χ4v) is 3.14. The van der Waals surface area contributed by atoms with Crippen LogP contribution in [-0.2, 0) is 6.54 Å². The summed E-state index contributed by atoms with van der Waals surface area (Å²) >= 11 is 0. The Morgan fingerprint density at radius 3 is 2.56 bits per heavy atom. The predicted octanol–water partition coefficient (Wildman–Crippen LogP) is 2.31. The molecular formula is C20H31N5. The molecule has 5 nitrogen and oxygen atoms in total. The molecule has 0 saturated carbocycles. The van der Waals surface area contributed by atoms with Gasteiger partial charge in [0.15, 0.2) is 0 Å². The Kier molecular flexibility index (Phi) is 6.39. The van der Waals surface area contributed by atoms with E-state index in [1.165, 1.54) is 5.56 Å². The van der Waals surface area contributed by atoms with Crippen LogP contribution in [0.2, 0.25) is 0 Å². The lowest BCUT2D eigenvalue weighted by molar-refractivity contribution is 0.336. The smallest absolute Gasteiger partial charge is 0.118 e. The molecule has 1 fully saturated rings. The summed E-state index contributed by atoms with van der Waals surface area (Å²) in [5, 5.41) is 3.47. The largest absolute Gasteiger partial charge is 0.399 e. The Labute approximate surface area is 151 Å². The van der Waals surface area contributed by atoms with Crippen molar-refractivity contribution in [3.63, 3.8) is 0 Å². The summed E-state index contributed by atoms with van der Waals surface area (Å²) < 4.78 is 0. The molecule has 0 radical (unpaired) electrons. The number of hydrogen-bond acceptors (Lipinski definition) is 5. The average Bonchev–Trinajstić information content (AvgIpc) is 3.09. The van der Waals surface area contributed by atoms with Gasteiger partial charge in [-0.1, -0.05) is 43.5 Å². The molecule has 0 aromatic heterocycles. The van der Waals surface area contributed by atoms with Crippen molar-refractivity contribution < 1.29 is 0 Å². The number of hydrogen-bond donors (Lipinski definition) is 3. The van der Waals surface area contributed by atoms with Crippen LogP contribution in [0.1, 0.15) is 24.8 Å². The van der Waals surface area contributed by atoms with Crippen LogP contribution in [-0.4, -0.2) is 36.5 Å². The first-order valence-electron chi connectivity index (χ1n) is 8.72. The molecule has 5 N–H and O–H groups in total. The molecule has 1 heterocycles. The number of nitrogens with two attached hydrogens (primary N) is 2. The van der Waals surface area contributed by atoms with Gasteiger partial charge in [-0.15, -0.1) is 0 Å². The fourth-order valence-electron chi connectivity index (χ4n) is 3.14. The Morgan fingerprint density at radius 1 is 1.24 bits per heavy atom. The van der Waals surface area contributed by atoms with E-state index in [9.17, 15) is 0 Å². The van der Waals surface area contributed by atoms with E-state index in [4.69, 9.17) is 11.5 Å². The third-order valence-corrected chi connectivity index (χ3v) is 4.63. The van der Waals surface area contributed by atoms with E-state index in [-0.39, 0.29) is 6.04 Å². The maximum absolute atomic E-state index is 6.13. The van der Waals surface area contributed by atoms with Crippen LogP contribution >= 0.6 is 0 Å². The molecule has 1 unspecified atom stereocenters. The molecule has 1 aliphatic heterocycles. The van der Waals surface area contributed by atoms with Gasteiger partial charge >= 0.3 is 0 Å². The molecule has 1 atom stereocenters. The lowest BCUT2D eigenvalue weighted by atomic mass is 10.1. The molecule has 0 spiro atoms. The quantitative estimate of drug-likeness (QED) is 0.677.